The number of rotatable bonds is 8. The van der Waals surface area contributed by atoms with Crippen LogP contribution in [0.15, 0.2) is 30.5 Å². The van der Waals surface area contributed by atoms with Crippen LogP contribution in [0.25, 0.3) is 11.1 Å². The zero-order valence-corrected chi connectivity index (χ0v) is 16.4. The van der Waals surface area contributed by atoms with Crippen molar-refractivity contribution in [1.82, 2.24) is 4.98 Å². The number of nitrogens with zero attached hydrogens (tertiary/aromatic N) is 1. The van der Waals surface area contributed by atoms with E-state index in [0.29, 0.717) is 5.92 Å². The van der Waals surface area contributed by atoms with Gasteiger partial charge in [0.15, 0.2) is 0 Å². The topological polar surface area (TPSA) is 50.9 Å². The number of pyridine rings is 1. The molecule has 0 amide bonds. The Morgan fingerprint density at radius 2 is 1.70 bits per heavy atom. The third-order valence-electron chi connectivity index (χ3n) is 4.63. The van der Waals surface area contributed by atoms with Crippen molar-refractivity contribution in [2.75, 3.05) is 17.6 Å². The molecule has 0 bridgehead atoms. The molecule has 0 atom stereocenters. The summed E-state index contributed by atoms with van der Waals surface area (Å²) in [5, 5.41) is 3.24. The van der Waals surface area contributed by atoms with E-state index in [1.807, 2.05) is 0 Å². The quantitative estimate of drug-likeness (QED) is 0.490. The van der Waals surface area contributed by atoms with E-state index >= 15 is 0 Å². The van der Waals surface area contributed by atoms with E-state index < -0.39 is 11.6 Å². The number of hydrogen-bond acceptors (Lipinski definition) is 3. The molecule has 3 N–H and O–H groups in total. The van der Waals surface area contributed by atoms with Gasteiger partial charge in [-0.2, -0.15) is 0 Å². The third-order valence-corrected chi connectivity index (χ3v) is 4.63. The second kappa shape index (κ2) is 10.9. The van der Waals surface area contributed by atoms with Crippen LogP contribution in [-0.2, 0) is 0 Å². The summed E-state index contributed by atoms with van der Waals surface area (Å²) in [6, 6.07) is 5.94. The Balaban J connectivity index is 0.000000761. The van der Waals surface area contributed by atoms with Crippen LogP contribution in [-0.4, -0.2) is 11.5 Å². The predicted octanol–water partition coefficient (Wildman–Crippen LogP) is 6.90. The largest absolute Gasteiger partial charge is 0.385 e. The molecule has 0 saturated heterocycles. The lowest BCUT2D eigenvalue weighted by atomic mass is 10.0. The number of halogens is 2. The van der Waals surface area contributed by atoms with E-state index in [9.17, 15) is 8.78 Å². The molecule has 5 heteroatoms. The Morgan fingerprint density at radius 1 is 1.04 bits per heavy atom. The molecule has 0 aliphatic heterocycles. The van der Waals surface area contributed by atoms with Crippen molar-refractivity contribution in [1.29, 1.82) is 0 Å². The number of anilines is 2. The first-order chi connectivity index (χ1) is 13.0. The summed E-state index contributed by atoms with van der Waals surface area (Å²) >= 11 is 0. The first-order valence-corrected chi connectivity index (χ1v) is 10.00. The fourth-order valence-corrected chi connectivity index (χ4v) is 2.76. The van der Waals surface area contributed by atoms with Gasteiger partial charge in [0.2, 0.25) is 0 Å². The molecule has 1 aromatic carbocycles. The van der Waals surface area contributed by atoms with Crippen LogP contribution in [0, 0.1) is 17.6 Å². The molecular formula is C22H35F2N3. The predicted molar refractivity (Wildman–Crippen MR) is 114 cm³/mol. The number of nitrogen functional groups attached to an aromatic ring is 1. The van der Waals surface area contributed by atoms with Gasteiger partial charge in [-0.1, -0.05) is 46.0 Å². The van der Waals surface area contributed by atoms with Crippen LogP contribution in [0.1, 0.15) is 61.6 Å². The maximum atomic E-state index is 13.9. The first kappa shape index (κ1) is 21.1. The van der Waals surface area contributed by atoms with Crippen LogP contribution in [0.3, 0.4) is 0 Å². The molecule has 3 nitrogen and oxygen atoms in total. The van der Waals surface area contributed by atoms with Gasteiger partial charge in [0, 0.05) is 26.2 Å². The van der Waals surface area contributed by atoms with E-state index in [1.165, 1.54) is 57.1 Å². The van der Waals surface area contributed by atoms with E-state index in [-0.39, 0.29) is 19.8 Å². The van der Waals surface area contributed by atoms with Gasteiger partial charge >= 0.3 is 0 Å². The number of unbranched alkanes of at least 4 members (excludes halogenated alkanes) is 4. The highest BCUT2D eigenvalue weighted by Gasteiger charge is 2.20. The van der Waals surface area contributed by atoms with Gasteiger partial charge in [-0.25, -0.2) is 13.8 Å². The van der Waals surface area contributed by atoms with E-state index in [4.69, 9.17) is 5.73 Å². The van der Waals surface area contributed by atoms with Gasteiger partial charge in [-0.3, -0.25) is 0 Å². The number of nitrogens with one attached hydrogen (secondary N) is 1. The zero-order valence-electron chi connectivity index (χ0n) is 16.4. The molecule has 1 aromatic heterocycles. The normalized spacial score (nSPS) is 13.0. The molecule has 2 aromatic rings. The van der Waals surface area contributed by atoms with Gasteiger partial charge in [0.05, 0.1) is 6.20 Å². The highest BCUT2D eigenvalue weighted by atomic mass is 19.1. The molecule has 1 aliphatic carbocycles. The summed E-state index contributed by atoms with van der Waals surface area (Å²) < 4.78 is 27.7. The monoisotopic (exact) mass is 379 g/mol. The van der Waals surface area contributed by atoms with Crippen molar-refractivity contribution in [3.63, 3.8) is 0 Å². The Morgan fingerprint density at radius 3 is 2.33 bits per heavy atom. The number of benzene rings is 1. The highest BCUT2D eigenvalue weighted by molar-refractivity contribution is 5.71. The lowest BCUT2D eigenvalue weighted by Gasteiger charge is -2.10. The third kappa shape index (κ3) is 7.16. The van der Waals surface area contributed by atoms with Crippen molar-refractivity contribution in [2.45, 2.75) is 58.8 Å². The maximum Gasteiger partial charge on any atom is 0.149 e. The summed E-state index contributed by atoms with van der Waals surface area (Å²) in [6.07, 6.45) is 10.5. The standard InChI is InChI=1S/C15H15F2N3.C7H16.2H2/c16-13-4-3-10(19-7-9-1-2-9)5-11(13)12-6-15(18)20-8-14(12)17;1-3-5-7-6-4-2;;/h3-6,8-9,19H,1-2,7H2,(H2,18,20);3-7H2,1-2H3;2*1H. The smallest absolute Gasteiger partial charge is 0.149 e. The summed E-state index contributed by atoms with van der Waals surface area (Å²) in [5.74, 6) is -0.196. The molecule has 1 aliphatic rings. The maximum absolute atomic E-state index is 13.9. The first-order valence-electron chi connectivity index (χ1n) is 10.00. The van der Waals surface area contributed by atoms with Crippen molar-refractivity contribution in [3.05, 3.63) is 42.1 Å². The fourth-order valence-electron chi connectivity index (χ4n) is 2.76. The van der Waals surface area contributed by atoms with Crippen LogP contribution < -0.4 is 11.1 Å². The van der Waals surface area contributed by atoms with Gasteiger partial charge in [0.25, 0.3) is 0 Å². The van der Waals surface area contributed by atoms with Crippen molar-refractivity contribution in [2.24, 2.45) is 5.92 Å². The van der Waals surface area contributed by atoms with Crippen LogP contribution in [0.4, 0.5) is 20.3 Å². The van der Waals surface area contributed by atoms with Crippen LogP contribution >= 0.6 is 0 Å². The molecule has 0 unspecified atom stereocenters. The fraction of sp³-hybridized carbons (Fsp3) is 0.500. The Labute approximate surface area is 164 Å². The van der Waals surface area contributed by atoms with Crippen LogP contribution in [0.2, 0.25) is 0 Å². The van der Waals surface area contributed by atoms with E-state index in [0.717, 1.165) is 18.4 Å². The molecule has 1 saturated carbocycles. The average molecular weight is 380 g/mol. The van der Waals surface area contributed by atoms with Gasteiger partial charge in [0.1, 0.15) is 17.5 Å². The van der Waals surface area contributed by atoms with Gasteiger partial charge in [-0.05, 0) is 43.0 Å². The van der Waals surface area contributed by atoms with Crippen molar-refractivity contribution < 1.29 is 11.6 Å². The molecule has 0 spiro atoms. The zero-order chi connectivity index (χ0) is 19.6. The van der Waals surface area contributed by atoms with Gasteiger partial charge in [-0.15, -0.1) is 0 Å². The summed E-state index contributed by atoms with van der Waals surface area (Å²) in [4.78, 5) is 3.65. The number of hydrogen-bond donors (Lipinski definition) is 2. The molecule has 152 valence electrons. The highest BCUT2D eigenvalue weighted by Crippen LogP contribution is 2.31. The van der Waals surface area contributed by atoms with Crippen molar-refractivity contribution >= 4 is 11.5 Å². The Kier molecular flexibility index (Phi) is 8.49. The summed E-state index contributed by atoms with van der Waals surface area (Å²) in [5.41, 5.74) is 6.65. The molecule has 3 rings (SSSR count). The minimum absolute atomic E-state index is 0. The number of aromatic nitrogens is 1. The Bertz CT molecular complexity index is 721. The Hall–Kier alpha value is -2.17. The molecule has 27 heavy (non-hydrogen) atoms. The molecule has 1 heterocycles. The lowest BCUT2D eigenvalue weighted by molar-refractivity contribution is 0.613. The molecular weight excluding hydrogens is 344 g/mol. The van der Waals surface area contributed by atoms with E-state index in [1.54, 1.807) is 12.1 Å². The molecule has 1 fully saturated rings. The van der Waals surface area contributed by atoms with Crippen LogP contribution in [0.5, 0.6) is 0 Å². The minimum Gasteiger partial charge on any atom is -0.385 e. The SMILES string of the molecule is CCCCCCC.Nc1cc(-c2cc(NCC3CC3)ccc2F)c(F)cn1.[HH].[HH]. The average Bonchev–Trinajstić information content (AvgIpc) is 3.49. The second-order valence-electron chi connectivity index (χ2n) is 7.17. The lowest BCUT2D eigenvalue weighted by Crippen LogP contribution is -2.03. The molecule has 0 radical (unpaired) electrons. The minimum atomic E-state index is -0.586. The summed E-state index contributed by atoms with van der Waals surface area (Å²) in [6.45, 7) is 5.36. The number of nitrogens with two attached hydrogens (primary N) is 1. The second-order valence-corrected chi connectivity index (χ2v) is 7.17. The van der Waals surface area contributed by atoms with Crippen molar-refractivity contribution in [3.8, 4) is 11.1 Å². The van der Waals surface area contributed by atoms with E-state index in [2.05, 4.69) is 24.1 Å². The summed E-state index contributed by atoms with van der Waals surface area (Å²) in [7, 11) is 0. The van der Waals surface area contributed by atoms with Gasteiger partial charge < -0.3 is 11.1 Å².